The Balaban J connectivity index is 1.37. The average molecular weight is 347 g/mol. The van der Waals surface area contributed by atoms with E-state index < -0.39 is 0 Å². The number of hydrogen-bond acceptors (Lipinski definition) is 5. The molecule has 1 aliphatic heterocycles. The van der Waals surface area contributed by atoms with E-state index in [1.807, 2.05) is 35.2 Å². The highest BCUT2D eigenvalue weighted by Gasteiger charge is 2.20. The monoisotopic (exact) mass is 347 g/mol. The van der Waals surface area contributed by atoms with Crippen LogP contribution < -0.4 is 0 Å². The van der Waals surface area contributed by atoms with Crippen LogP contribution in [0.4, 0.5) is 0 Å². The maximum absolute atomic E-state index is 4.79. The Morgan fingerprint density at radius 2 is 2.12 bits per heavy atom. The molecule has 0 N–H and O–H groups in total. The molecule has 124 valence electrons. The van der Waals surface area contributed by atoms with E-state index in [-0.39, 0.29) is 0 Å². The summed E-state index contributed by atoms with van der Waals surface area (Å²) in [6, 6.07) is 10.3. The van der Waals surface area contributed by atoms with Gasteiger partial charge in [-0.15, -0.1) is 11.3 Å². The Bertz CT molecular complexity index is 1020. The summed E-state index contributed by atoms with van der Waals surface area (Å²) in [5.74, 6) is 0.852. The molecule has 6 heteroatoms. The van der Waals surface area contributed by atoms with Gasteiger partial charge in [0.1, 0.15) is 0 Å². The second-order valence-electron chi connectivity index (χ2n) is 6.30. The lowest BCUT2D eigenvalue weighted by molar-refractivity contribution is 0.244. The zero-order valence-corrected chi connectivity index (χ0v) is 14.5. The Kier molecular flexibility index (Phi) is 3.57. The highest BCUT2D eigenvalue weighted by Crippen LogP contribution is 2.25. The minimum absolute atomic E-state index is 0.852. The molecule has 0 saturated carbocycles. The first-order chi connectivity index (χ1) is 12.4. The van der Waals surface area contributed by atoms with Crippen LogP contribution in [0.15, 0.2) is 54.3 Å². The van der Waals surface area contributed by atoms with Gasteiger partial charge in [-0.1, -0.05) is 12.1 Å². The van der Waals surface area contributed by atoms with Crippen LogP contribution in [0.1, 0.15) is 16.8 Å². The van der Waals surface area contributed by atoms with Crippen LogP contribution in [0.2, 0.25) is 0 Å². The molecular formula is C19H17N5S. The minimum atomic E-state index is 0.852. The number of nitrogens with zero attached hydrogens (tertiary/aromatic N) is 5. The van der Waals surface area contributed by atoms with Crippen LogP contribution >= 0.6 is 11.3 Å². The lowest BCUT2D eigenvalue weighted by Crippen LogP contribution is -2.30. The summed E-state index contributed by atoms with van der Waals surface area (Å²) >= 11 is 1.69. The molecule has 5 heterocycles. The second-order valence-corrected chi connectivity index (χ2v) is 7.25. The Hall–Kier alpha value is -2.57. The van der Waals surface area contributed by atoms with Gasteiger partial charge in [-0.25, -0.2) is 14.5 Å². The van der Waals surface area contributed by atoms with Gasteiger partial charge in [0.15, 0.2) is 5.82 Å². The number of aromatic nitrogens is 4. The molecule has 0 fully saturated rings. The third kappa shape index (κ3) is 2.73. The van der Waals surface area contributed by atoms with E-state index in [0.717, 1.165) is 36.8 Å². The fourth-order valence-corrected chi connectivity index (χ4v) is 4.05. The molecule has 0 saturated heterocycles. The maximum atomic E-state index is 4.79. The van der Waals surface area contributed by atoms with Crippen LogP contribution in [0, 0.1) is 0 Å². The van der Waals surface area contributed by atoms with Crippen molar-refractivity contribution in [1.82, 2.24) is 24.5 Å². The van der Waals surface area contributed by atoms with Crippen molar-refractivity contribution in [3.05, 3.63) is 71.1 Å². The van der Waals surface area contributed by atoms with E-state index in [4.69, 9.17) is 4.98 Å². The van der Waals surface area contributed by atoms with Crippen molar-refractivity contribution >= 4 is 16.9 Å². The van der Waals surface area contributed by atoms with Gasteiger partial charge in [0.25, 0.3) is 0 Å². The first-order valence-electron chi connectivity index (χ1n) is 8.39. The molecule has 25 heavy (non-hydrogen) atoms. The van der Waals surface area contributed by atoms with Crippen molar-refractivity contribution in [2.24, 2.45) is 0 Å². The molecule has 0 spiro atoms. The zero-order valence-electron chi connectivity index (χ0n) is 13.7. The molecule has 0 amide bonds. The number of thiophene rings is 1. The predicted molar refractivity (Wildman–Crippen MR) is 98.4 cm³/mol. The predicted octanol–water partition coefficient (Wildman–Crippen LogP) is 3.41. The maximum Gasteiger partial charge on any atom is 0.169 e. The summed E-state index contributed by atoms with van der Waals surface area (Å²) in [4.78, 5) is 12.9. The first-order valence-corrected chi connectivity index (χ1v) is 9.27. The molecule has 5 nitrogen and oxygen atoms in total. The summed E-state index contributed by atoms with van der Waals surface area (Å²) in [6.45, 7) is 2.81. The van der Waals surface area contributed by atoms with Crippen LogP contribution in [0.3, 0.4) is 0 Å². The topological polar surface area (TPSA) is 46.3 Å². The van der Waals surface area contributed by atoms with Crippen molar-refractivity contribution in [2.75, 3.05) is 6.54 Å². The summed E-state index contributed by atoms with van der Waals surface area (Å²) in [7, 11) is 0. The van der Waals surface area contributed by atoms with Gasteiger partial charge in [0, 0.05) is 49.6 Å². The Morgan fingerprint density at radius 3 is 3.04 bits per heavy atom. The third-order valence-corrected chi connectivity index (χ3v) is 5.52. The third-order valence-electron chi connectivity index (χ3n) is 4.65. The van der Waals surface area contributed by atoms with Crippen LogP contribution in [-0.2, 0) is 19.5 Å². The second kappa shape index (κ2) is 6.06. The SMILES string of the molecule is c1csc(-c2ncc3c(n2)CCN(Cc2cnn4ccccc24)C3)c1. The summed E-state index contributed by atoms with van der Waals surface area (Å²) in [5, 5.41) is 6.50. The van der Waals surface area contributed by atoms with Crippen molar-refractivity contribution in [3.8, 4) is 10.7 Å². The fourth-order valence-electron chi connectivity index (χ4n) is 3.38. The van der Waals surface area contributed by atoms with Crippen molar-refractivity contribution in [1.29, 1.82) is 0 Å². The molecule has 4 aromatic rings. The van der Waals surface area contributed by atoms with Gasteiger partial charge < -0.3 is 0 Å². The van der Waals surface area contributed by atoms with Crippen molar-refractivity contribution < 1.29 is 0 Å². The molecule has 0 radical (unpaired) electrons. The highest BCUT2D eigenvalue weighted by atomic mass is 32.1. The smallest absolute Gasteiger partial charge is 0.169 e. The van der Waals surface area contributed by atoms with Gasteiger partial charge in [-0.3, -0.25) is 4.90 Å². The van der Waals surface area contributed by atoms with Crippen LogP contribution in [-0.4, -0.2) is 31.0 Å². The molecule has 0 atom stereocenters. The quantitative estimate of drug-likeness (QED) is 0.570. The lowest BCUT2D eigenvalue weighted by atomic mass is 10.1. The number of pyridine rings is 1. The number of rotatable bonds is 3. The Morgan fingerprint density at radius 1 is 1.12 bits per heavy atom. The van der Waals surface area contributed by atoms with E-state index in [2.05, 4.69) is 38.6 Å². The molecule has 4 aromatic heterocycles. The van der Waals surface area contributed by atoms with E-state index in [9.17, 15) is 0 Å². The standard InChI is InChI=1S/C19H17N5S/c1-2-7-24-17(4-1)15(11-21-24)13-23-8-6-16-14(12-23)10-20-19(22-16)18-5-3-9-25-18/h1-5,7,9-11H,6,8,12-13H2. The molecule has 0 aliphatic carbocycles. The molecule has 0 unspecified atom stereocenters. The van der Waals surface area contributed by atoms with E-state index in [1.54, 1.807) is 11.3 Å². The Labute approximate surface area is 149 Å². The first kappa shape index (κ1) is 14.7. The zero-order chi connectivity index (χ0) is 16.6. The van der Waals surface area contributed by atoms with Crippen molar-refractivity contribution in [3.63, 3.8) is 0 Å². The molecule has 0 aromatic carbocycles. The summed E-state index contributed by atoms with van der Waals surface area (Å²) in [6.07, 6.45) is 6.93. The van der Waals surface area contributed by atoms with Gasteiger partial charge in [0.05, 0.1) is 22.3 Å². The van der Waals surface area contributed by atoms with Crippen LogP contribution in [0.25, 0.3) is 16.2 Å². The molecule has 0 bridgehead atoms. The largest absolute Gasteiger partial charge is 0.294 e. The van der Waals surface area contributed by atoms with Gasteiger partial charge in [-0.2, -0.15) is 5.10 Å². The summed E-state index contributed by atoms with van der Waals surface area (Å²) < 4.78 is 1.93. The average Bonchev–Trinajstić information content (AvgIpc) is 3.32. The van der Waals surface area contributed by atoms with Gasteiger partial charge in [0.2, 0.25) is 0 Å². The number of hydrogen-bond donors (Lipinski definition) is 0. The summed E-state index contributed by atoms with van der Waals surface area (Å²) in [5.41, 5.74) is 4.87. The van der Waals surface area contributed by atoms with Crippen LogP contribution in [0.5, 0.6) is 0 Å². The van der Waals surface area contributed by atoms with Gasteiger partial charge in [-0.05, 0) is 23.6 Å². The van der Waals surface area contributed by atoms with E-state index in [1.165, 1.54) is 22.3 Å². The van der Waals surface area contributed by atoms with E-state index >= 15 is 0 Å². The normalized spacial score (nSPS) is 14.7. The molecule has 5 rings (SSSR count). The minimum Gasteiger partial charge on any atom is -0.294 e. The highest BCUT2D eigenvalue weighted by molar-refractivity contribution is 7.13. The van der Waals surface area contributed by atoms with Crippen molar-refractivity contribution in [2.45, 2.75) is 19.5 Å². The lowest BCUT2D eigenvalue weighted by Gasteiger charge is -2.27. The van der Waals surface area contributed by atoms with Gasteiger partial charge >= 0.3 is 0 Å². The van der Waals surface area contributed by atoms with E-state index in [0.29, 0.717) is 0 Å². The number of fused-ring (bicyclic) bond motifs is 2. The molecular weight excluding hydrogens is 330 g/mol. The molecule has 1 aliphatic rings. The fraction of sp³-hybridized carbons (Fsp3) is 0.211.